The molecule has 9 heteroatoms. The van der Waals surface area contributed by atoms with Gasteiger partial charge >= 0.3 is 0 Å². The van der Waals surface area contributed by atoms with Crippen molar-refractivity contribution in [2.75, 3.05) is 25.9 Å². The third-order valence-electron chi connectivity index (χ3n) is 1.96. The highest BCUT2D eigenvalue weighted by atomic mass is 35.5. The quantitative estimate of drug-likeness (QED) is 0.739. The van der Waals surface area contributed by atoms with Crippen LogP contribution in [0.1, 0.15) is 5.56 Å². The second kappa shape index (κ2) is 8.58. The maximum Gasteiger partial charge on any atom is 0.208 e. The topological polar surface area (TPSA) is 58.2 Å². The standard InChI is InChI=1S/C9H14Cl2N2O2S2.ClH/c1-17(14,15)13-5-4-12-3-2-7-6-8(10)16-9(7)11;/h6,12-13H,2-5H2,1H3;1H. The molecule has 1 aromatic heterocycles. The van der Waals surface area contributed by atoms with Gasteiger partial charge in [0.15, 0.2) is 0 Å². The lowest BCUT2D eigenvalue weighted by molar-refractivity contribution is 0.582. The summed E-state index contributed by atoms with van der Waals surface area (Å²) in [4.78, 5) is 0. The Bertz CT molecular complexity index is 462. The van der Waals surface area contributed by atoms with E-state index in [2.05, 4.69) is 10.0 Å². The van der Waals surface area contributed by atoms with E-state index in [0.717, 1.165) is 24.8 Å². The normalized spacial score (nSPS) is 11.3. The Kier molecular flexibility index (Phi) is 8.79. The fourth-order valence-electron chi connectivity index (χ4n) is 1.22. The van der Waals surface area contributed by atoms with E-state index in [1.165, 1.54) is 11.3 Å². The van der Waals surface area contributed by atoms with Gasteiger partial charge < -0.3 is 5.32 Å². The third-order valence-corrected chi connectivity index (χ3v) is 4.26. The summed E-state index contributed by atoms with van der Waals surface area (Å²) in [5.41, 5.74) is 1.02. The van der Waals surface area contributed by atoms with E-state index < -0.39 is 10.0 Å². The lowest BCUT2D eigenvalue weighted by Crippen LogP contribution is -2.31. The van der Waals surface area contributed by atoms with Crippen LogP contribution in [0.3, 0.4) is 0 Å². The molecule has 2 N–H and O–H groups in total. The maximum absolute atomic E-state index is 10.8. The van der Waals surface area contributed by atoms with Crippen LogP contribution >= 0.6 is 46.9 Å². The molecular formula is C9H15Cl3N2O2S2. The minimum absolute atomic E-state index is 0. The first-order valence-corrected chi connectivity index (χ1v) is 8.44. The van der Waals surface area contributed by atoms with E-state index >= 15 is 0 Å². The number of nitrogens with one attached hydrogen (secondary N) is 2. The molecule has 0 amide bonds. The Labute approximate surface area is 128 Å². The number of hydrogen-bond donors (Lipinski definition) is 2. The van der Waals surface area contributed by atoms with Gasteiger partial charge in [-0.3, -0.25) is 0 Å². The lowest BCUT2D eigenvalue weighted by Gasteiger charge is -2.04. The van der Waals surface area contributed by atoms with Crippen LogP contribution in [0.4, 0.5) is 0 Å². The van der Waals surface area contributed by atoms with E-state index in [1.54, 1.807) is 0 Å². The molecule has 1 rings (SSSR count). The van der Waals surface area contributed by atoms with Gasteiger partial charge in [0.1, 0.15) is 0 Å². The van der Waals surface area contributed by atoms with Crippen molar-refractivity contribution >= 4 is 57.0 Å². The molecule has 0 radical (unpaired) electrons. The second-order valence-electron chi connectivity index (χ2n) is 3.52. The Morgan fingerprint density at radius 3 is 2.44 bits per heavy atom. The average molecular weight is 354 g/mol. The summed E-state index contributed by atoms with van der Waals surface area (Å²) in [6.07, 6.45) is 1.92. The zero-order chi connectivity index (χ0) is 12.9. The van der Waals surface area contributed by atoms with E-state index in [9.17, 15) is 8.42 Å². The zero-order valence-electron chi connectivity index (χ0n) is 9.70. The molecule has 4 nitrogen and oxygen atoms in total. The van der Waals surface area contributed by atoms with Crippen LogP contribution < -0.4 is 10.0 Å². The number of hydrogen-bond acceptors (Lipinski definition) is 4. The molecule has 0 aliphatic heterocycles. The van der Waals surface area contributed by atoms with Crippen molar-refractivity contribution in [3.63, 3.8) is 0 Å². The molecular weight excluding hydrogens is 339 g/mol. The van der Waals surface area contributed by atoms with Gasteiger partial charge in [0.2, 0.25) is 10.0 Å². The van der Waals surface area contributed by atoms with E-state index in [4.69, 9.17) is 23.2 Å². The molecule has 1 aromatic rings. The molecule has 18 heavy (non-hydrogen) atoms. The number of sulfonamides is 1. The molecule has 1 heterocycles. The van der Waals surface area contributed by atoms with Crippen molar-refractivity contribution < 1.29 is 8.42 Å². The van der Waals surface area contributed by atoms with Crippen LogP contribution in [0.25, 0.3) is 0 Å². The average Bonchev–Trinajstić information content (AvgIpc) is 2.49. The monoisotopic (exact) mass is 352 g/mol. The third kappa shape index (κ3) is 7.78. The predicted octanol–water partition coefficient (Wildman–Crippen LogP) is 2.16. The van der Waals surface area contributed by atoms with Crippen LogP contribution in [0.15, 0.2) is 6.07 Å². The second-order valence-corrected chi connectivity index (χ2v) is 7.63. The van der Waals surface area contributed by atoms with Gasteiger partial charge in [0, 0.05) is 13.1 Å². The molecule has 106 valence electrons. The number of rotatable bonds is 7. The van der Waals surface area contributed by atoms with Crippen molar-refractivity contribution in [2.24, 2.45) is 0 Å². The maximum atomic E-state index is 10.8. The lowest BCUT2D eigenvalue weighted by atomic mass is 10.2. The number of thiophene rings is 1. The molecule has 0 saturated carbocycles. The molecule has 0 atom stereocenters. The summed E-state index contributed by atoms with van der Waals surface area (Å²) in [6.45, 7) is 1.71. The molecule has 0 aliphatic carbocycles. The van der Waals surface area contributed by atoms with Crippen LogP contribution in [-0.4, -0.2) is 34.3 Å². The molecule has 0 bridgehead atoms. The fraction of sp³-hybridized carbons (Fsp3) is 0.556. The SMILES string of the molecule is CS(=O)(=O)NCCNCCc1cc(Cl)sc1Cl.Cl. The van der Waals surface area contributed by atoms with Gasteiger partial charge in [-0.1, -0.05) is 23.2 Å². The highest BCUT2D eigenvalue weighted by molar-refractivity contribution is 7.88. The molecule has 0 saturated heterocycles. The van der Waals surface area contributed by atoms with Crippen LogP contribution in [0.5, 0.6) is 0 Å². The van der Waals surface area contributed by atoms with Gasteiger partial charge in [0.05, 0.1) is 14.9 Å². The molecule has 0 aliphatic rings. The van der Waals surface area contributed by atoms with Gasteiger partial charge in [0.25, 0.3) is 0 Å². The minimum atomic E-state index is -3.09. The molecule has 0 unspecified atom stereocenters. The first kappa shape index (κ1) is 18.4. The minimum Gasteiger partial charge on any atom is -0.315 e. The van der Waals surface area contributed by atoms with Crippen molar-refractivity contribution in [3.05, 3.63) is 20.3 Å². The van der Waals surface area contributed by atoms with Gasteiger partial charge in [-0.25, -0.2) is 13.1 Å². The first-order chi connectivity index (χ1) is 7.88. The van der Waals surface area contributed by atoms with Gasteiger partial charge in [-0.05, 0) is 24.6 Å². The van der Waals surface area contributed by atoms with Gasteiger partial charge in [-0.2, -0.15) is 0 Å². The Balaban J connectivity index is 0.00000289. The smallest absolute Gasteiger partial charge is 0.208 e. The summed E-state index contributed by atoms with van der Waals surface area (Å²) >= 11 is 13.1. The highest BCUT2D eigenvalue weighted by Gasteiger charge is 2.05. The summed E-state index contributed by atoms with van der Waals surface area (Å²) in [5, 5.41) is 3.12. The largest absolute Gasteiger partial charge is 0.315 e. The van der Waals surface area contributed by atoms with Crippen molar-refractivity contribution in [2.45, 2.75) is 6.42 Å². The van der Waals surface area contributed by atoms with E-state index in [0.29, 0.717) is 21.8 Å². The van der Waals surface area contributed by atoms with Crippen molar-refractivity contribution in [1.82, 2.24) is 10.0 Å². The Morgan fingerprint density at radius 2 is 1.94 bits per heavy atom. The zero-order valence-corrected chi connectivity index (χ0v) is 13.7. The molecule has 0 spiro atoms. The molecule has 0 aromatic carbocycles. The summed E-state index contributed by atoms with van der Waals surface area (Å²) in [6, 6.07) is 1.85. The van der Waals surface area contributed by atoms with Crippen LogP contribution in [0.2, 0.25) is 8.67 Å². The summed E-state index contributed by atoms with van der Waals surface area (Å²) in [7, 11) is -3.09. The first-order valence-electron chi connectivity index (χ1n) is 4.97. The van der Waals surface area contributed by atoms with Crippen LogP contribution in [-0.2, 0) is 16.4 Å². The highest BCUT2D eigenvalue weighted by Crippen LogP contribution is 2.31. The van der Waals surface area contributed by atoms with E-state index in [1.807, 2.05) is 6.07 Å². The number of halogens is 3. The van der Waals surface area contributed by atoms with E-state index in [-0.39, 0.29) is 12.4 Å². The Hall–Kier alpha value is 0.440. The van der Waals surface area contributed by atoms with Crippen molar-refractivity contribution in [3.8, 4) is 0 Å². The summed E-state index contributed by atoms with van der Waals surface area (Å²) in [5.74, 6) is 0. The van der Waals surface area contributed by atoms with Crippen molar-refractivity contribution in [1.29, 1.82) is 0 Å². The predicted molar refractivity (Wildman–Crippen MR) is 81.0 cm³/mol. The summed E-state index contributed by atoms with van der Waals surface area (Å²) < 4.78 is 25.3. The fourth-order valence-corrected chi connectivity index (χ4v) is 3.24. The Morgan fingerprint density at radius 1 is 1.28 bits per heavy atom. The molecule has 0 fully saturated rings. The van der Waals surface area contributed by atoms with Crippen LogP contribution in [0, 0.1) is 0 Å². The van der Waals surface area contributed by atoms with Gasteiger partial charge in [-0.15, -0.1) is 23.7 Å².